The lowest BCUT2D eigenvalue weighted by atomic mass is 10.2. The smallest absolute Gasteiger partial charge is 0.241 e. The molecule has 0 spiro atoms. The maximum Gasteiger partial charge on any atom is 0.241 e. The molecule has 9 heteroatoms. The predicted octanol–water partition coefficient (Wildman–Crippen LogP) is 0.546. The molecule has 132 valence electrons. The number of sulfonamides is 1. The summed E-state index contributed by atoms with van der Waals surface area (Å²) >= 11 is 0. The summed E-state index contributed by atoms with van der Waals surface area (Å²) in [5, 5.41) is 13.9. The summed E-state index contributed by atoms with van der Waals surface area (Å²) in [6.45, 7) is 4.75. The van der Waals surface area contributed by atoms with Crippen molar-refractivity contribution < 1.29 is 13.5 Å². The van der Waals surface area contributed by atoms with Gasteiger partial charge in [-0.2, -0.15) is 0 Å². The van der Waals surface area contributed by atoms with Crippen molar-refractivity contribution in [2.75, 3.05) is 39.3 Å². The Balaban J connectivity index is 0.00000208. The third-order valence-corrected chi connectivity index (χ3v) is 5.48. The van der Waals surface area contributed by atoms with E-state index >= 15 is 0 Å². The van der Waals surface area contributed by atoms with E-state index in [9.17, 15) is 13.5 Å². The van der Waals surface area contributed by atoms with Crippen molar-refractivity contribution in [3.63, 3.8) is 0 Å². The van der Waals surface area contributed by atoms with Crippen molar-refractivity contribution in [3.8, 4) is 5.88 Å². The minimum Gasteiger partial charge on any atom is -0.493 e. The lowest BCUT2D eigenvalue weighted by molar-refractivity contribution is 0.245. The van der Waals surface area contributed by atoms with E-state index in [0.29, 0.717) is 23.9 Å². The van der Waals surface area contributed by atoms with Gasteiger partial charge in [0.15, 0.2) is 0 Å². The Morgan fingerprint density at radius 1 is 1.21 bits per heavy atom. The van der Waals surface area contributed by atoms with Crippen LogP contribution in [0.5, 0.6) is 5.88 Å². The van der Waals surface area contributed by atoms with Gasteiger partial charge in [0.05, 0.1) is 4.90 Å². The maximum atomic E-state index is 12.6. The minimum atomic E-state index is -3.64. The standard InChI is InChI=1S/C15H20N4O3S.ClH/c20-15-13-2-1-3-14(12(13)4-5-17-15)23(21,22)18-8-11-19-9-6-16-7-10-19;/h1-5,16,18H,6-11H2,(H,17,20);1H. The van der Waals surface area contributed by atoms with Crippen LogP contribution in [0.2, 0.25) is 0 Å². The first-order valence-electron chi connectivity index (χ1n) is 7.57. The number of aromatic nitrogens is 1. The quantitative estimate of drug-likeness (QED) is 0.709. The molecular formula is C15H21ClN4O3S. The Morgan fingerprint density at radius 2 is 1.96 bits per heavy atom. The van der Waals surface area contributed by atoms with Crippen molar-refractivity contribution in [1.82, 2.24) is 19.9 Å². The number of hydrogen-bond donors (Lipinski definition) is 3. The number of fused-ring (bicyclic) bond motifs is 1. The zero-order chi connectivity index (χ0) is 16.3. The molecule has 1 aromatic heterocycles. The molecule has 2 heterocycles. The average molecular weight is 373 g/mol. The normalized spacial score (nSPS) is 16.0. The van der Waals surface area contributed by atoms with Crippen LogP contribution >= 0.6 is 12.4 Å². The molecule has 0 aliphatic carbocycles. The van der Waals surface area contributed by atoms with Crippen LogP contribution < -0.4 is 10.0 Å². The van der Waals surface area contributed by atoms with E-state index in [-0.39, 0.29) is 23.2 Å². The highest BCUT2D eigenvalue weighted by Gasteiger charge is 2.18. The van der Waals surface area contributed by atoms with Gasteiger partial charge in [0, 0.05) is 56.2 Å². The van der Waals surface area contributed by atoms with Gasteiger partial charge in [-0.3, -0.25) is 4.90 Å². The Hall–Kier alpha value is -1.45. The van der Waals surface area contributed by atoms with Gasteiger partial charge in [-0.05, 0) is 18.2 Å². The minimum absolute atomic E-state index is 0. The number of aromatic hydroxyl groups is 1. The summed E-state index contributed by atoms with van der Waals surface area (Å²) in [6.07, 6.45) is 1.40. The van der Waals surface area contributed by atoms with Crippen LogP contribution in [-0.2, 0) is 10.0 Å². The van der Waals surface area contributed by atoms with E-state index in [1.807, 2.05) is 0 Å². The third-order valence-electron chi connectivity index (χ3n) is 3.96. The van der Waals surface area contributed by atoms with Gasteiger partial charge < -0.3 is 10.4 Å². The Bertz CT molecular complexity index is 794. The zero-order valence-electron chi connectivity index (χ0n) is 13.1. The molecule has 0 saturated carbocycles. The fourth-order valence-corrected chi connectivity index (χ4v) is 3.99. The molecule has 0 bridgehead atoms. The number of nitrogens with one attached hydrogen (secondary N) is 2. The van der Waals surface area contributed by atoms with Crippen LogP contribution in [0.3, 0.4) is 0 Å². The molecule has 24 heavy (non-hydrogen) atoms. The van der Waals surface area contributed by atoms with Gasteiger partial charge in [-0.25, -0.2) is 18.1 Å². The van der Waals surface area contributed by atoms with E-state index in [1.165, 1.54) is 12.3 Å². The fourth-order valence-electron chi connectivity index (χ4n) is 2.75. The van der Waals surface area contributed by atoms with Gasteiger partial charge in [0.1, 0.15) is 0 Å². The SMILES string of the molecule is Cl.O=S(=O)(NCCN1CCNCC1)c1cccc2c(O)nccc12. The number of rotatable bonds is 5. The van der Waals surface area contributed by atoms with Crippen molar-refractivity contribution in [2.24, 2.45) is 0 Å². The number of pyridine rings is 1. The zero-order valence-corrected chi connectivity index (χ0v) is 14.7. The number of benzene rings is 1. The molecule has 1 fully saturated rings. The van der Waals surface area contributed by atoms with E-state index in [0.717, 1.165) is 26.2 Å². The highest BCUT2D eigenvalue weighted by atomic mass is 35.5. The second kappa shape index (κ2) is 8.09. The molecular weight excluding hydrogens is 352 g/mol. The van der Waals surface area contributed by atoms with Crippen LogP contribution in [-0.4, -0.2) is 62.7 Å². The molecule has 0 atom stereocenters. The molecule has 3 N–H and O–H groups in total. The summed E-state index contributed by atoms with van der Waals surface area (Å²) in [5.74, 6) is -0.166. The van der Waals surface area contributed by atoms with Crippen molar-refractivity contribution in [2.45, 2.75) is 4.90 Å². The first-order chi connectivity index (χ1) is 11.1. The summed E-state index contributed by atoms with van der Waals surface area (Å²) < 4.78 is 27.8. The van der Waals surface area contributed by atoms with Gasteiger partial charge in [-0.15, -0.1) is 12.4 Å². The molecule has 0 radical (unpaired) electrons. The van der Waals surface area contributed by atoms with E-state index in [1.54, 1.807) is 18.2 Å². The third kappa shape index (κ3) is 4.14. The molecule has 3 rings (SSSR count). The van der Waals surface area contributed by atoms with Gasteiger partial charge >= 0.3 is 0 Å². The molecule has 1 aliphatic rings. The average Bonchev–Trinajstić information content (AvgIpc) is 2.55. The molecule has 1 saturated heterocycles. The van der Waals surface area contributed by atoms with E-state index in [2.05, 4.69) is 19.9 Å². The van der Waals surface area contributed by atoms with E-state index < -0.39 is 10.0 Å². The monoisotopic (exact) mass is 372 g/mol. The maximum absolute atomic E-state index is 12.6. The first-order valence-corrected chi connectivity index (χ1v) is 9.06. The van der Waals surface area contributed by atoms with Crippen LogP contribution in [0, 0.1) is 0 Å². The number of nitrogens with zero attached hydrogens (tertiary/aromatic N) is 2. The van der Waals surface area contributed by atoms with Gasteiger partial charge in [-0.1, -0.05) is 6.07 Å². The fraction of sp³-hybridized carbons (Fsp3) is 0.400. The molecule has 1 aliphatic heterocycles. The molecule has 0 unspecified atom stereocenters. The number of hydrogen-bond acceptors (Lipinski definition) is 6. The summed E-state index contributed by atoms with van der Waals surface area (Å²) in [5.41, 5.74) is 0. The highest BCUT2D eigenvalue weighted by Crippen LogP contribution is 2.27. The lowest BCUT2D eigenvalue weighted by Crippen LogP contribution is -2.46. The molecule has 0 amide bonds. The van der Waals surface area contributed by atoms with Crippen LogP contribution in [0.15, 0.2) is 35.4 Å². The van der Waals surface area contributed by atoms with Gasteiger partial charge in [0.25, 0.3) is 0 Å². The highest BCUT2D eigenvalue weighted by molar-refractivity contribution is 7.89. The summed E-state index contributed by atoms with van der Waals surface area (Å²) in [6, 6.07) is 6.39. The Labute approximate surface area is 147 Å². The van der Waals surface area contributed by atoms with Crippen LogP contribution in [0.4, 0.5) is 0 Å². The Kier molecular flexibility index (Phi) is 6.36. The molecule has 7 nitrogen and oxygen atoms in total. The number of piperazine rings is 1. The predicted molar refractivity (Wildman–Crippen MR) is 95.2 cm³/mol. The summed E-state index contributed by atoms with van der Waals surface area (Å²) in [4.78, 5) is 6.16. The first kappa shape index (κ1) is 18.9. The topological polar surface area (TPSA) is 94.6 Å². The van der Waals surface area contributed by atoms with Crippen LogP contribution in [0.25, 0.3) is 10.8 Å². The van der Waals surface area contributed by atoms with Crippen molar-refractivity contribution >= 4 is 33.2 Å². The molecule has 2 aromatic rings. The van der Waals surface area contributed by atoms with Gasteiger partial charge in [0.2, 0.25) is 15.9 Å². The lowest BCUT2D eigenvalue weighted by Gasteiger charge is -2.27. The Morgan fingerprint density at radius 3 is 2.71 bits per heavy atom. The van der Waals surface area contributed by atoms with E-state index in [4.69, 9.17) is 0 Å². The molecule has 1 aromatic carbocycles. The largest absolute Gasteiger partial charge is 0.493 e. The second-order valence-corrected chi connectivity index (χ2v) is 7.21. The number of halogens is 1. The van der Waals surface area contributed by atoms with Crippen LogP contribution in [0.1, 0.15) is 0 Å². The second-order valence-electron chi connectivity index (χ2n) is 5.48. The summed E-state index contributed by atoms with van der Waals surface area (Å²) in [7, 11) is -3.64. The van der Waals surface area contributed by atoms with Crippen molar-refractivity contribution in [1.29, 1.82) is 0 Å². The van der Waals surface area contributed by atoms with Crippen molar-refractivity contribution in [3.05, 3.63) is 30.5 Å².